The lowest BCUT2D eigenvalue weighted by Gasteiger charge is -2.29. The minimum Gasteiger partial charge on any atom is -0.302 e. The number of nitrogens with zero attached hydrogens (tertiary/aromatic N) is 2. The van der Waals surface area contributed by atoms with Crippen LogP contribution in [0.15, 0.2) is 45.3 Å². The molecule has 0 radical (unpaired) electrons. The van der Waals surface area contributed by atoms with Crippen molar-refractivity contribution in [1.82, 2.24) is 9.29 Å². The first-order valence-corrected chi connectivity index (χ1v) is 13.1. The van der Waals surface area contributed by atoms with E-state index in [1.165, 1.54) is 27.0 Å². The van der Waals surface area contributed by atoms with Gasteiger partial charge in [-0.15, -0.1) is 22.7 Å². The van der Waals surface area contributed by atoms with Crippen molar-refractivity contribution in [2.75, 3.05) is 18.4 Å². The van der Waals surface area contributed by atoms with Gasteiger partial charge in [0.1, 0.15) is 4.21 Å². The third-order valence-corrected chi connectivity index (χ3v) is 9.63. The van der Waals surface area contributed by atoms with Crippen LogP contribution in [-0.2, 0) is 14.8 Å². The Morgan fingerprint density at radius 1 is 1.13 bits per heavy atom. The molecule has 1 aliphatic rings. The molecule has 1 saturated heterocycles. The number of benzene rings is 1. The van der Waals surface area contributed by atoms with Crippen LogP contribution < -0.4 is 5.32 Å². The van der Waals surface area contributed by atoms with Crippen molar-refractivity contribution in [3.8, 4) is 11.3 Å². The summed E-state index contributed by atoms with van der Waals surface area (Å²) in [6, 6.07) is 8.58. The summed E-state index contributed by atoms with van der Waals surface area (Å²) >= 11 is 14.5. The largest absolute Gasteiger partial charge is 0.302 e. The first-order chi connectivity index (χ1) is 14.3. The van der Waals surface area contributed by atoms with Gasteiger partial charge in [0.25, 0.3) is 10.0 Å². The highest BCUT2D eigenvalue weighted by atomic mass is 35.5. The van der Waals surface area contributed by atoms with Crippen molar-refractivity contribution in [3.05, 3.63) is 51.1 Å². The van der Waals surface area contributed by atoms with E-state index in [4.69, 9.17) is 23.2 Å². The van der Waals surface area contributed by atoms with Gasteiger partial charge in [-0.2, -0.15) is 4.31 Å². The van der Waals surface area contributed by atoms with E-state index < -0.39 is 10.0 Å². The molecule has 4 rings (SSSR count). The maximum Gasteiger partial charge on any atom is 0.252 e. The number of amides is 1. The second kappa shape index (κ2) is 8.94. The lowest BCUT2D eigenvalue weighted by Crippen LogP contribution is -2.41. The van der Waals surface area contributed by atoms with Gasteiger partial charge in [0.2, 0.25) is 5.91 Å². The number of nitrogens with one attached hydrogen (secondary N) is 1. The minimum atomic E-state index is -3.47. The van der Waals surface area contributed by atoms with Gasteiger partial charge in [0.05, 0.1) is 15.7 Å². The lowest BCUT2D eigenvalue weighted by atomic mass is 9.97. The SMILES string of the molecule is O=C(Nc1nc(-c2ccc(Cl)c(Cl)c2)cs1)C1CCN(S(=O)(=O)c2cccs2)CC1. The van der Waals surface area contributed by atoms with Gasteiger partial charge in [-0.3, -0.25) is 4.79 Å². The Morgan fingerprint density at radius 3 is 2.57 bits per heavy atom. The van der Waals surface area contributed by atoms with Crippen LogP contribution in [0.4, 0.5) is 5.13 Å². The summed E-state index contributed by atoms with van der Waals surface area (Å²) in [4.78, 5) is 17.1. The number of thiophene rings is 1. The zero-order valence-corrected chi connectivity index (χ0v) is 19.5. The molecule has 30 heavy (non-hydrogen) atoms. The molecule has 0 spiro atoms. The molecule has 0 bridgehead atoms. The zero-order chi connectivity index (χ0) is 21.3. The van der Waals surface area contributed by atoms with Crippen LogP contribution in [0.2, 0.25) is 10.0 Å². The second-order valence-electron chi connectivity index (χ2n) is 6.77. The summed E-state index contributed by atoms with van der Waals surface area (Å²) in [5.74, 6) is -0.393. The third kappa shape index (κ3) is 4.56. The summed E-state index contributed by atoms with van der Waals surface area (Å²) in [5.41, 5.74) is 1.51. The highest BCUT2D eigenvalue weighted by Gasteiger charge is 2.32. The molecular formula is C19H17Cl2N3O3S3. The molecule has 1 N–H and O–H groups in total. The molecule has 3 heterocycles. The predicted molar refractivity (Wildman–Crippen MR) is 122 cm³/mol. The first-order valence-electron chi connectivity index (χ1n) is 9.10. The summed E-state index contributed by atoms with van der Waals surface area (Å²) in [7, 11) is -3.47. The van der Waals surface area contributed by atoms with Gasteiger partial charge >= 0.3 is 0 Å². The Balaban J connectivity index is 1.36. The Morgan fingerprint density at radius 2 is 1.90 bits per heavy atom. The average Bonchev–Trinajstić information content (AvgIpc) is 3.43. The maximum atomic E-state index is 12.6. The number of sulfonamides is 1. The van der Waals surface area contributed by atoms with E-state index in [0.29, 0.717) is 51.0 Å². The number of thiazole rings is 1. The fourth-order valence-electron chi connectivity index (χ4n) is 3.22. The number of anilines is 1. The highest BCUT2D eigenvalue weighted by molar-refractivity contribution is 7.91. The van der Waals surface area contributed by atoms with Gasteiger partial charge in [0.15, 0.2) is 5.13 Å². The molecule has 1 aromatic carbocycles. The Bertz CT molecular complexity index is 1150. The Labute approximate surface area is 192 Å². The maximum absolute atomic E-state index is 12.6. The van der Waals surface area contributed by atoms with Crippen LogP contribution in [0.1, 0.15) is 12.8 Å². The molecule has 2 aromatic heterocycles. The normalized spacial score (nSPS) is 15.9. The van der Waals surface area contributed by atoms with Crippen LogP contribution in [0.25, 0.3) is 11.3 Å². The zero-order valence-electron chi connectivity index (χ0n) is 15.5. The van der Waals surface area contributed by atoms with E-state index in [2.05, 4.69) is 10.3 Å². The van der Waals surface area contributed by atoms with Crippen molar-refractivity contribution < 1.29 is 13.2 Å². The summed E-state index contributed by atoms with van der Waals surface area (Å²) in [6.07, 6.45) is 0.947. The highest BCUT2D eigenvalue weighted by Crippen LogP contribution is 2.31. The molecule has 1 aliphatic heterocycles. The topological polar surface area (TPSA) is 79.4 Å². The number of halogens is 2. The number of carbonyl (C=O) groups is 1. The van der Waals surface area contributed by atoms with E-state index in [9.17, 15) is 13.2 Å². The van der Waals surface area contributed by atoms with Crippen molar-refractivity contribution in [1.29, 1.82) is 0 Å². The van der Waals surface area contributed by atoms with Gasteiger partial charge in [0, 0.05) is 30.0 Å². The van der Waals surface area contributed by atoms with E-state index in [0.717, 1.165) is 5.56 Å². The average molecular weight is 502 g/mol. The number of rotatable bonds is 5. The number of carbonyl (C=O) groups excluding carboxylic acids is 1. The van der Waals surface area contributed by atoms with E-state index in [-0.39, 0.29) is 11.8 Å². The number of aromatic nitrogens is 1. The molecule has 1 amide bonds. The van der Waals surface area contributed by atoms with Crippen LogP contribution >= 0.6 is 45.9 Å². The van der Waals surface area contributed by atoms with Crippen LogP contribution in [0.3, 0.4) is 0 Å². The van der Waals surface area contributed by atoms with Gasteiger partial charge in [-0.1, -0.05) is 35.3 Å². The molecule has 3 aromatic rings. The van der Waals surface area contributed by atoms with Crippen LogP contribution in [0.5, 0.6) is 0 Å². The smallest absolute Gasteiger partial charge is 0.252 e. The summed E-state index contributed by atoms with van der Waals surface area (Å²) < 4.78 is 27.0. The Hall–Kier alpha value is -1.49. The second-order valence-corrected chi connectivity index (χ2v) is 11.6. The van der Waals surface area contributed by atoms with Crippen LogP contribution in [0, 0.1) is 5.92 Å². The van der Waals surface area contributed by atoms with Gasteiger partial charge < -0.3 is 5.32 Å². The Kier molecular flexibility index (Phi) is 6.47. The minimum absolute atomic E-state index is 0.141. The van der Waals surface area contributed by atoms with Gasteiger partial charge in [-0.05, 0) is 36.4 Å². The molecule has 0 unspecified atom stereocenters. The van der Waals surface area contributed by atoms with E-state index in [1.807, 2.05) is 11.4 Å². The van der Waals surface area contributed by atoms with E-state index in [1.54, 1.807) is 29.6 Å². The quantitative estimate of drug-likeness (QED) is 0.519. The predicted octanol–water partition coefficient (Wildman–Crippen LogP) is 5.22. The van der Waals surface area contributed by atoms with E-state index >= 15 is 0 Å². The molecule has 0 saturated carbocycles. The number of hydrogen-bond acceptors (Lipinski definition) is 6. The standard InChI is InChI=1S/C19H17Cl2N3O3S3/c20-14-4-3-13(10-15(14)21)16-11-29-19(22-16)23-18(25)12-5-7-24(8-6-12)30(26,27)17-2-1-9-28-17/h1-4,9-12H,5-8H2,(H,22,23,25). The molecular weight excluding hydrogens is 485 g/mol. The lowest BCUT2D eigenvalue weighted by molar-refractivity contribution is -0.120. The molecule has 6 nitrogen and oxygen atoms in total. The summed E-state index contributed by atoms with van der Waals surface area (Å²) in [5, 5.41) is 7.84. The van der Waals surface area contributed by atoms with Gasteiger partial charge in [-0.25, -0.2) is 13.4 Å². The fourth-order valence-corrected chi connectivity index (χ4v) is 6.86. The van der Waals surface area contributed by atoms with Crippen molar-refractivity contribution in [2.24, 2.45) is 5.92 Å². The monoisotopic (exact) mass is 501 g/mol. The van der Waals surface area contributed by atoms with Crippen molar-refractivity contribution in [2.45, 2.75) is 17.1 Å². The summed E-state index contributed by atoms with van der Waals surface area (Å²) in [6.45, 7) is 0.648. The van der Waals surface area contributed by atoms with Crippen molar-refractivity contribution >= 4 is 66.9 Å². The van der Waals surface area contributed by atoms with Crippen LogP contribution in [-0.4, -0.2) is 36.7 Å². The first kappa shape index (κ1) is 21.7. The van der Waals surface area contributed by atoms with Crippen molar-refractivity contribution in [3.63, 3.8) is 0 Å². The molecule has 0 aliphatic carbocycles. The molecule has 0 atom stereocenters. The molecule has 158 valence electrons. The number of hydrogen-bond donors (Lipinski definition) is 1. The fraction of sp³-hybridized carbons (Fsp3) is 0.263. The third-order valence-electron chi connectivity index (χ3n) is 4.86. The molecule has 11 heteroatoms. The molecule has 1 fully saturated rings. The number of piperidine rings is 1.